The van der Waals surface area contributed by atoms with Crippen LogP contribution < -0.4 is 4.74 Å². The van der Waals surface area contributed by atoms with Crippen LogP contribution in [0.15, 0.2) is 65.9 Å². The van der Waals surface area contributed by atoms with E-state index >= 15 is 0 Å². The molecule has 0 bridgehead atoms. The van der Waals surface area contributed by atoms with Crippen LogP contribution in [-0.4, -0.2) is 17.9 Å². The third kappa shape index (κ3) is 3.46. The van der Waals surface area contributed by atoms with Gasteiger partial charge < -0.3 is 9.30 Å². The summed E-state index contributed by atoms with van der Waals surface area (Å²) in [6, 6.07) is 15.7. The van der Waals surface area contributed by atoms with Gasteiger partial charge in [0.05, 0.1) is 12.8 Å². The van der Waals surface area contributed by atoms with E-state index in [-0.39, 0.29) is 0 Å². The van der Waals surface area contributed by atoms with Crippen LogP contribution in [0.25, 0.3) is 5.69 Å². The zero-order valence-electron chi connectivity index (χ0n) is 13.0. The van der Waals surface area contributed by atoms with E-state index < -0.39 is 0 Å². The van der Waals surface area contributed by atoms with Crippen molar-refractivity contribution in [2.45, 2.75) is 6.92 Å². The van der Waals surface area contributed by atoms with Gasteiger partial charge in [-0.25, -0.2) is 0 Å². The quantitative estimate of drug-likeness (QED) is 0.606. The first-order valence-corrected chi connectivity index (χ1v) is 7.67. The molecule has 0 aliphatic carbocycles. The zero-order chi connectivity index (χ0) is 16.2. The van der Waals surface area contributed by atoms with Crippen molar-refractivity contribution in [1.29, 1.82) is 0 Å². The van der Waals surface area contributed by atoms with Crippen LogP contribution in [0.4, 0.5) is 5.69 Å². The Labute approximate surface area is 140 Å². The minimum Gasteiger partial charge on any atom is -0.497 e. The summed E-state index contributed by atoms with van der Waals surface area (Å²) >= 11 is 6.12. The maximum atomic E-state index is 6.12. The van der Waals surface area contributed by atoms with Crippen LogP contribution in [0, 0.1) is 6.92 Å². The number of nitrogens with zero attached hydrogens (tertiary/aromatic N) is 2. The molecule has 0 spiro atoms. The largest absolute Gasteiger partial charge is 0.497 e. The molecule has 0 saturated heterocycles. The second-order valence-corrected chi connectivity index (χ2v) is 5.60. The first-order chi connectivity index (χ1) is 11.2. The van der Waals surface area contributed by atoms with Crippen molar-refractivity contribution in [3.8, 4) is 11.4 Å². The highest BCUT2D eigenvalue weighted by molar-refractivity contribution is 6.31. The number of halogens is 1. The Hall–Kier alpha value is -2.52. The summed E-state index contributed by atoms with van der Waals surface area (Å²) in [5, 5.41) is 0.732. The minimum atomic E-state index is 0.732. The van der Waals surface area contributed by atoms with Crippen LogP contribution in [0.3, 0.4) is 0 Å². The van der Waals surface area contributed by atoms with E-state index in [9.17, 15) is 0 Å². The predicted octanol–water partition coefficient (Wildman–Crippen LogP) is 5.20. The van der Waals surface area contributed by atoms with Gasteiger partial charge in [0.2, 0.25) is 0 Å². The first-order valence-electron chi connectivity index (χ1n) is 7.29. The van der Waals surface area contributed by atoms with Crippen molar-refractivity contribution in [2.24, 2.45) is 4.99 Å². The second kappa shape index (κ2) is 6.71. The molecule has 1 heterocycles. The van der Waals surface area contributed by atoms with Gasteiger partial charge in [0.1, 0.15) is 5.75 Å². The smallest absolute Gasteiger partial charge is 0.119 e. The highest BCUT2D eigenvalue weighted by Crippen LogP contribution is 2.25. The van der Waals surface area contributed by atoms with Gasteiger partial charge in [0, 0.05) is 34.9 Å². The van der Waals surface area contributed by atoms with Crippen molar-refractivity contribution < 1.29 is 4.74 Å². The van der Waals surface area contributed by atoms with Gasteiger partial charge in [0.15, 0.2) is 0 Å². The van der Waals surface area contributed by atoms with Crippen LogP contribution >= 0.6 is 11.6 Å². The van der Waals surface area contributed by atoms with Gasteiger partial charge in [-0.1, -0.05) is 17.7 Å². The average Bonchev–Trinajstić information content (AvgIpc) is 3.05. The summed E-state index contributed by atoms with van der Waals surface area (Å²) in [7, 11) is 1.66. The highest BCUT2D eigenvalue weighted by atomic mass is 35.5. The minimum absolute atomic E-state index is 0.732. The van der Waals surface area contributed by atoms with Crippen LogP contribution in [0.5, 0.6) is 5.75 Å². The number of aliphatic imine (C=N–C) groups is 1. The van der Waals surface area contributed by atoms with Crippen molar-refractivity contribution in [3.63, 3.8) is 0 Å². The van der Waals surface area contributed by atoms with E-state index in [2.05, 4.69) is 4.99 Å². The lowest BCUT2D eigenvalue weighted by molar-refractivity contribution is 0.415. The third-order valence-electron chi connectivity index (χ3n) is 3.68. The average molecular weight is 325 g/mol. The lowest BCUT2D eigenvalue weighted by atomic mass is 10.2. The molecule has 3 aromatic rings. The molecule has 23 heavy (non-hydrogen) atoms. The van der Waals surface area contributed by atoms with Crippen LogP contribution in [0.1, 0.15) is 11.1 Å². The molecule has 0 aliphatic rings. The van der Waals surface area contributed by atoms with Gasteiger partial charge in [-0.05, 0) is 55.0 Å². The number of hydrogen-bond acceptors (Lipinski definition) is 2. The van der Waals surface area contributed by atoms with E-state index in [4.69, 9.17) is 16.3 Å². The van der Waals surface area contributed by atoms with Crippen molar-refractivity contribution in [2.75, 3.05) is 7.11 Å². The molecule has 3 nitrogen and oxygen atoms in total. The van der Waals surface area contributed by atoms with E-state index in [1.807, 2.05) is 78.6 Å². The predicted molar refractivity (Wildman–Crippen MR) is 95.8 cm³/mol. The van der Waals surface area contributed by atoms with Crippen LogP contribution in [0.2, 0.25) is 5.02 Å². The number of methoxy groups -OCH3 is 1. The second-order valence-electron chi connectivity index (χ2n) is 5.19. The lowest BCUT2D eigenvalue weighted by Gasteiger charge is -2.04. The van der Waals surface area contributed by atoms with Gasteiger partial charge in [-0.15, -0.1) is 0 Å². The molecular weight excluding hydrogens is 308 g/mol. The molecule has 3 rings (SSSR count). The molecule has 0 saturated carbocycles. The Balaban J connectivity index is 1.81. The topological polar surface area (TPSA) is 26.5 Å². The molecule has 0 amide bonds. The molecule has 2 aromatic carbocycles. The third-order valence-corrected chi connectivity index (χ3v) is 4.09. The number of hydrogen-bond donors (Lipinski definition) is 0. The van der Waals surface area contributed by atoms with Gasteiger partial charge in [-0.3, -0.25) is 4.99 Å². The maximum Gasteiger partial charge on any atom is 0.119 e. The Morgan fingerprint density at radius 3 is 2.61 bits per heavy atom. The maximum absolute atomic E-state index is 6.12. The lowest BCUT2D eigenvalue weighted by Crippen LogP contribution is -1.90. The Morgan fingerprint density at radius 1 is 1.09 bits per heavy atom. The van der Waals surface area contributed by atoms with Crippen molar-refractivity contribution in [3.05, 3.63) is 77.1 Å². The summed E-state index contributed by atoms with van der Waals surface area (Å²) in [6.45, 7) is 1.97. The molecule has 4 heteroatoms. The fourth-order valence-corrected chi connectivity index (χ4v) is 2.45. The molecule has 0 unspecified atom stereocenters. The van der Waals surface area contributed by atoms with E-state index in [0.29, 0.717) is 0 Å². The molecule has 116 valence electrons. The number of rotatable bonds is 4. The molecule has 0 aliphatic heterocycles. The fraction of sp³-hybridized carbons (Fsp3) is 0.105. The zero-order valence-corrected chi connectivity index (χ0v) is 13.8. The normalized spacial score (nSPS) is 11.1. The summed E-state index contributed by atoms with van der Waals surface area (Å²) in [4.78, 5) is 4.53. The van der Waals surface area contributed by atoms with Crippen molar-refractivity contribution in [1.82, 2.24) is 4.57 Å². The monoisotopic (exact) mass is 324 g/mol. The standard InChI is InChI=1S/C19H17ClN2O/c1-14-18(20)4-3-5-19(14)21-12-15-10-11-22(13-15)16-6-8-17(23-2)9-7-16/h3-13H,1-2H3. The summed E-state index contributed by atoms with van der Waals surface area (Å²) in [5.74, 6) is 0.846. The summed E-state index contributed by atoms with van der Waals surface area (Å²) < 4.78 is 7.22. The highest BCUT2D eigenvalue weighted by Gasteiger charge is 2.01. The Kier molecular flexibility index (Phi) is 4.49. The van der Waals surface area contributed by atoms with Crippen molar-refractivity contribution >= 4 is 23.5 Å². The molecular formula is C19H17ClN2O. The molecule has 0 atom stereocenters. The molecule has 0 N–H and O–H groups in total. The fourth-order valence-electron chi connectivity index (χ4n) is 2.28. The molecule has 0 fully saturated rings. The SMILES string of the molecule is COc1ccc(-n2ccc(C=Nc3cccc(Cl)c3C)c2)cc1. The Bertz CT molecular complexity index is 835. The Morgan fingerprint density at radius 2 is 1.87 bits per heavy atom. The first kappa shape index (κ1) is 15.4. The number of aromatic nitrogens is 1. The number of benzene rings is 2. The van der Waals surface area contributed by atoms with Gasteiger partial charge >= 0.3 is 0 Å². The van der Waals surface area contributed by atoms with E-state index in [1.54, 1.807) is 7.11 Å². The van der Waals surface area contributed by atoms with Gasteiger partial charge in [-0.2, -0.15) is 0 Å². The van der Waals surface area contributed by atoms with Gasteiger partial charge in [0.25, 0.3) is 0 Å². The molecule has 0 radical (unpaired) electrons. The summed E-state index contributed by atoms with van der Waals surface area (Å²) in [5.41, 5.74) is 3.97. The summed E-state index contributed by atoms with van der Waals surface area (Å²) in [6.07, 6.45) is 5.89. The van der Waals surface area contributed by atoms with Crippen LogP contribution in [-0.2, 0) is 0 Å². The van der Waals surface area contributed by atoms with E-state index in [0.717, 1.165) is 33.3 Å². The number of ether oxygens (including phenoxy) is 1. The van der Waals surface area contributed by atoms with E-state index in [1.165, 1.54) is 0 Å². The molecule has 1 aromatic heterocycles.